The molecule has 100 valence electrons. The Kier molecular flexibility index (Phi) is 5.20. The maximum absolute atomic E-state index is 12.0. The topological polar surface area (TPSA) is 49.6 Å². The molecule has 1 heterocycles. The summed E-state index contributed by atoms with van der Waals surface area (Å²) in [6, 6.07) is 0. The molecule has 1 rings (SSSR count). The fourth-order valence-electron chi connectivity index (χ4n) is 1.82. The van der Waals surface area contributed by atoms with E-state index in [-0.39, 0.29) is 0 Å². The van der Waals surface area contributed by atoms with E-state index in [2.05, 4.69) is 4.90 Å². The van der Waals surface area contributed by atoms with E-state index in [9.17, 15) is 18.0 Å². The Morgan fingerprint density at radius 2 is 1.76 bits per heavy atom. The van der Waals surface area contributed by atoms with E-state index in [4.69, 9.17) is 5.73 Å². The molecule has 0 aromatic rings. The zero-order chi connectivity index (χ0) is 12.9. The van der Waals surface area contributed by atoms with Gasteiger partial charge in [0.15, 0.2) is 0 Å². The maximum atomic E-state index is 12.0. The monoisotopic (exact) mass is 253 g/mol. The van der Waals surface area contributed by atoms with Crippen LogP contribution in [0, 0.1) is 0 Å². The number of alkyl halides is 3. The Morgan fingerprint density at radius 1 is 1.18 bits per heavy atom. The molecule has 1 fully saturated rings. The van der Waals surface area contributed by atoms with E-state index in [0.29, 0.717) is 32.7 Å². The Bertz CT molecular complexity index is 250. The summed E-state index contributed by atoms with van der Waals surface area (Å²) >= 11 is 0. The maximum Gasteiger partial charge on any atom is 0.397 e. The van der Waals surface area contributed by atoms with Crippen molar-refractivity contribution in [3.05, 3.63) is 0 Å². The molecule has 0 bridgehead atoms. The van der Waals surface area contributed by atoms with Gasteiger partial charge in [-0.3, -0.25) is 9.69 Å². The summed E-state index contributed by atoms with van der Waals surface area (Å²) in [7, 11) is 0. The van der Waals surface area contributed by atoms with Crippen molar-refractivity contribution in [2.24, 2.45) is 5.73 Å². The highest BCUT2D eigenvalue weighted by atomic mass is 19.4. The van der Waals surface area contributed by atoms with E-state index in [1.165, 1.54) is 4.90 Å². The summed E-state index contributed by atoms with van der Waals surface area (Å²) in [5, 5.41) is 0. The lowest BCUT2D eigenvalue weighted by molar-refractivity contribution is -0.162. The molecule has 0 aromatic heterocycles. The van der Waals surface area contributed by atoms with Crippen LogP contribution in [0.4, 0.5) is 13.2 Å². The molecule has 0 aromatic carbocycles. The second-order valence-corrected chi connectivity index (χ2v) is 4.16. The lowest BCUT2D eigenvalue weighted by atomic mass is 10.2. The van der Waals surface area contributed by atoms with Gasteiger partial charge in [-0.1, -0.05) is 0 Å². The van der Waals surface area contributed by atoms with Crippen LogP contribution in [0.3, 0.4) is 0 Å². The van der Waals surface area contributed by atoms with Gasteiger partial charge in [-0.2, -0.15) is 13.2 Å². The van der Waals surface area contributed by atoms with Crippen molar-refractivity contribution in [1.82, 2.24) is 9.80 Å². The number of rotatable bonds is 4. The summed E-state index contributed by atoms with van der Waals surface area (Å²) in [5.41, 5.74) is 5.37. The van der Waals surface area contributed by atoms with Gasteiger partial charge in [-0.25, -0.2) is 0 Å². The van der Waals surface area contributed by atoms with Gasteiger partial charge in [-0.05, 0) is 19.5 Å². The minimum atomic E-state index is -4.41. The van der Waals surface area contributed by atoms with Crippen molar-refractivity contribution in [1.29, 1.82) is 0 Å². The van der Waals surface area contributed by atoms with Gasteiger partial charge in [0.2, 0.25) is 5.91 Å². The van der Waals surface area contributed by atoms with E-state index in [1.807, 2.05) is 0 Å². The normalized spacial score (nSPS) is 18.5. The van der Waals surface area contributed by atoms with Crippen molar-refractivity contribution in [3.63, 3.8) is 0 Å². The van der Waals surface area contributed by atoms with E-state index >= 15 is 0 Å². The molecule has 17 heavy (non-hydrogen) atoms. The molecule has 0 aliphatic carbocycles. The zero-order valence-corrected chi connectivity index (χ0v) is 9.67. The third-order valence-corrected chi connectivity index (χ3v) is 2.76. The predicted octanol–water partition coefficient (Wildman–Crippen LogP) is 0.432. The highest BCUT2D eigenvalue weighted by molar-refractivity contribution is 5.76. The first-order chi connectivity index (χ1) is 7.92. The van der Waals surface area contributed by atoms with Gasteiger partial charge >= 0.3 is 6.18 Å². The van der Waals surface area contributed by atoms with Crippen LogP contribution in [-0.4, -0.2) is 61.2 Å². The molecule has 0 unspecified atom stereocenters. The van der Waals surface area contributed by atoms with Crippen LogP contribution in [0.5, 0.6) is 0 Å². The van der Waals surface area contributed by atoms with E-state index in [0.717, 1.165) is 13.0 Å². The summed E-state index contributed by atoms with van der Waals surface area (Å²) < 4.78 is 36.1. The molecular weight excluding hydrogens is 235 g/mol. The van der Waals surface area contributed by atoms with Crippen LogP contribution in [0.1, 0.15) is 12.8 Å². The van der Waals surface area contributed by atoms with Gasteiger partial charge in [0.1, 0.15) is 6.42 Å². The number of piperazine rings is 1. The molecule has 0 radical (unpaired) electrons. The van der Waals surface area contributed by atoms with Crippen molar-refractivity contribution >= 4 is 5.91 Å². The number of hydrogen-bond acceptors (Lipinski definition) is 3. The number of carbonyl (C=O) groups excluding carboxylic acids is 1. The molecule has 2 N–H and O–H groups in total. The number of carbonyl (C=O) groups is 1. The van der Waals surface area contributed by atoms with Gasteiger partial charge in [0, 0.05) is 26.2 Å². The fraction of sp³-hybridized carbons (Fsp3) is 0.900. The molecule has 1 amide bonds. The lowest BCUT2D eigenvalue weighted by Crippen LogP contribution is -2.49. The fourth-order valence-corrected chi connectivity index (χ4v) is 1.82. The Balaban J connectivity index is 2.29. The van der Waals surface area contributed by atoms with Crippen molar-refractivity contribution in [2.45, 2.75) is 19.0 Å². The predicted molar refractivity (Wildman–Crippen MR) is 57.4 cm³/mol. The zero-order valence-electron chi connectivity index (χ0n) is 9.67. The quantitative estimate of drug-likeness (QED) is 0.790. The molecule has 0 saturated carbocycles. The summed E-state index contributed by atoms with van der Waals surface area (Å²) in [5.74, 6) is -0.823. The number of halogens is 3. The molecule has 7 heteroatoms. The highest BCUT2D eigenvalue weighted by Gasteiger charge is 2.34. The van der Waals surface area contributed by atoms with Gasteiger partial charge in [0.25, 0.3) is 0 Å². The second-order valence-electron chi connectivity index (χ2n) is 4.16. The van der Waals surface area contributed by atoms with Crippen LogP contribution < -0.4 is 5.73 Å². The third-order valence-electron chi connectivity index (χ3n) is 2.76. The molecule has 0 spiro atoms. The van der Waals surface area contributed by atoms with Crippen LogP contribution in [0.15, 0.2) is 0 Å². The minimum Gasteiger partial charge on any atom is -0.340 e. The van der Waals surface area contributed by atoms with Crippen LogP contribution in [-0.2, 0) is 4.79 Å². The average molecular weight is 253 g/mol. The lowest BCUT2D eigenvalue weighted by Gasteiger charge is -2.34. The summed E-state index contributed by atoms with van der Waals surface area (Å²) in [4.78, 5) is 14.7. The molecule has 1 saturated heterocycles. The first kappa shape index (κ1) is 14.2. The van der Waals surface area contributed by atoms with Gasteiger partial charge in [-0.15, -0.1) is 0 Å². The SMILES string of the molecule is NCCCN1CCN(C(=O)CC(F)(F)F)CC1. The van der Waals surface area contributed by atoms with Crippen LogP contribution in [0.2, 0.25) is 0 Å². The first-order valence-electron chi connectivity index (χ1n) is 5.69. The number of hydrogen-bond donors (Lipinski definition) is 1. The summed E-state index contributed by atoms with van der Waals surface area (Å²) in [6.45, 7) is 3.46. The molecule has 4 nitrogen and oxygen atoms in total. The van der Waals surface area contributed by atoms with E-state index in [1.54, 1.807) is 0 Å². The molecule has 0 atom stereocenters. The summed E-state index contributed by atoms with van der Waals surface area (Å²) in [6.07, 6.45) is -4.89. The number of nitrogens with zero attached hydrogens (tertiary/aromatic N) is 2. The Morgan fingerprint density at radius 3 is 2.24 bits per heavy atom. The number of nitrogens with two attached hydrogens (primary N) is 1. The number of amides is 1. The van der Waals surface area contributed by atoms with Gasteiger partial charge < -0.3 is 10.6 Å². The van der Waals surface area contributed by atoms with E-state index < -0.39 is 18.5 Å². The van der Waals surface area contributed by atoms with Crippen molar-refractivity contribution in [3.8, 4) is 0 Å². The van der Waals surface area contributed by atoms with Crippen molar-refractivity contribution < 1.29 is 18.0 Å². The molecular formula is C10H18F3N3O. The highest BCUT2D eigenvalue weighted by Crippen LogP contribution is 2.21. The smallest absolute Gasteiger partial charge is 0.340 e. The average Bonchev–Trinajstić information content (AvgIpc) is 2.24. The van der Waals surface area contributed by atoms with Crippen LogP contribution in [0.25, 0.3) is 0 Å². The minimum absolute atomic E-state index is 0.374. The van der Waals surface area contributed by atoms with Crippen molar-refractivity contribution in [2.75, 3.05) is 39.3 Å². The van der Waals surface area contributed by atoms with Gasteiger partial charge in [0.05, 0.1) is 0 Å². The van der Waals surface area contributed by atoms with Crippen LogP contribution >= 0.6 is 0 Å². The largest absolute Gasteiger partial charge is 0.397 e. The first-order valence-corrected chi connectivity index (χ1v) is 5.69. The molecule has 1 aliphatic heterocycles. The second kappa shape index (κ2) is 6.20. The molecule has 1 aliphatic rings. The Hall–Kier alpha value is -0.820. The standard InChI is InChI=1S/C10H18F3N3O/c11-10(12,13)8-9(17)16-6-4-15(5-7-16)3-1-2-14/h1-8,14H2. The Labute approximate surface area is 98.5 Å². The third kappa shape index (κ3) is 5.36.